The number of amides is 1. The second-order valence-electron chi connectivity index (χ2n) is 5.37. The number of thiocarbonyl (C=S) groups is 1. The molecule has 3 rings (SSSR count). The standard InChI is InChI=1S/C18H14ClFN2O3S/c1-24-15-6-5-10(7-14-17(23)22-18(26)21-14)8-16(15)25-9-11-12(19)3-2-4-13(11)20/h2-8H,9H2,1H3,(H2,21,22,23,26)/b14-7+. The molecule has 1 amide bonds. The Morgan fingerprint density at radius 1 is 1.23 bits per heavy atom. The molecule has 8 heteroatoms. The highest BCUT2D eigenvalue weighted by molar-refractivity contribution is 7.80. The highest BCUT2D eigenvalue weighted by Crippen LogP contribution is 2.31. The molecule has 0 aliphatic carbocycles. The lowest BCUT2D eigenvalue weighted by Crippen LogP contribution is -2.21. The van der Waals surface area contributed by atoms with E-state index in [4.69, 9.17) is 33.3 Å². The van der Waals surface area contributed by atoms with Gasteiger partial charge in [0.15, 0.2) is 16.6 Å². The molecule has 1 aliphatic heterocycles. The monoisotopic (exact) mass is 392 g/mol. The van der Waals surface area contributed by atoms with Gasteiger partial charge in [0.25, 0.3) is 5.91 Å². The summed E-state index contributed by atoms with van der Waals surface area (Å²) in [5.41, 5.74) is 1.26. The largest absolute Gasteiger partial charge is 0.493 e. The van der Waals surface area contributed by atoms with Crippen molar-refractivity contribution in [3.8, 4) is 11.5 Å². The molecule has 0 aromatic heterocycles. The summed E-state index contributed by atoms with van der Waals surface area (Å²) in [5.74, 6) is 0.0996. The number of nitrogens with one attached hydrogen (secondary N) is 2. The average molecular weight is 393 g/mol. The van der Waals surface area contributed by atoms with Crippen LogP contribution in [0.2, 0.25) is 5.02 Å². The molecule has 26 heavy (non-hydrogen) atoms. The number of hydrogen-bond acceptors (Lipinski definition) is 4. The number of benzene rings is 2. The lowest BCUT2D eigenvalue weighted by Gasteiger charge is -2.13. The Hall–Kier alpha value is -2.64. The third-order valence-electron chi connectivity index (χ3n) is 3.65. The first-order valence-electron chi connectivity index (χ1n) is 7.55. The topological polar surface area (TPSA) is 59.6 Å². The number of ether oxygens (including phenoxy) is 2. The summed E-state index contributed by atoms with van der Waals surface area (Å²) in [4.78, 5) is 11.7. The summed E-state index contributed by atoms with van der Waals surface area (Å²) < 4.78 is 24.9. The fraction of sp³-hybridized carbons (Fsp3) is 0.111. The SMILES string of the molecule is COc1ccc(/C=C2/NC(=S)NC2=O)cc1OCc1c(F)cccc1Cl. The lowest BCUT2D eigenvalue weighted by atomic mass is 10.1. The van der Waals surface area contributed by atoms with Gasteiger partial charge in [-0.15, -0.1) is 0 Å². The van der Waals surface area contributed by atoms with Crippen LogP contribution in [-0.4, -0.2) is 18.1 Å². The molecule has 5 nitrogen and oxygen atoms in total. The van der Waals surface area contributed by atoms with E-state index < -0.39 is 5.82 Å². The first-order valence-corrected chi connectivity index (χ1v) is 8.34. The van der Waals surface area contributed by atoms with Gasteiger partial charge >= 0.3 is 0 Å². The van der Waals surface area contributed by atoms with Crippen molar-refractivity contribution in [3.63, 3.8) is 0 Å². The zero-order valence-corrected chi connectivity index (χ0v) is 15.2. The molecule has 0 unspecified atom stereocenters. The van der Waals surface area contributed by atoms with E-state index in [1.165, 1.54) is 19.2 Å². The van der Waals surface area contributed by atoms with E-state index in [-0.39, 0.29) is 28.2 Å². The van der Waals surface area contributed by atoms with Crippen molar-refractivity contribution in [2.24, 2.45) is 0 Å². The average Bonchev–Trinajstić information content (AvgIpc) is 2.92. The van der Waals surface area contributed by atoms with Crippen molar-refractivity contribution in [3.05, 3.63) is 64.1 Å². The molecular formula is C18H14ClFN2O3S. The van der Waals surface area contributed by atoms with Crippen LogP contribution >= 0.6 is 23.8 Å². The van der Waals surface area contributed by atoms with Gasteiger partial charge in [-0.05, 0) is 48.1 Å². The Balaban J connectivity index is 1.85. The molecule has 1 aliphatic rings. The summed E-state index contributed by atoms with van der Waals surface area (Å²) in [6.45, 7) is -0.0648. The van der Waals surface area contributed by atoms with Crippen LogP contribution in [0.4, 0.5) is 4.39 Å². The first-order chi connectivity index (χ1) is 12.5. The van der Waals surface area contributed by atoms with Gasteiger partial charge in [-0.3, -0.25) is 10.1 Å². The van der Waals surface area contributed by atoms with E-state index in [9.17, 15) is 9.18 Å². The molecule has 1 saturated heterocycles. The summed E-state index contributed by atoms with van der Waals surface area (Å²) in [6, 6.07) is 9.56. The zero-order valence-electron chi connectivity index (χ0n) is 13.6. The van der Waals surface area contributed by atoms with E-state index in [2.05, 4.69) is 10.6 Å². The predicted molar refractivity (Wildman–Crippen MR) is 101 cm³/mol. The van der Waals surface area contributed by atoms with Gasteiger partial charge in [0.2, 0.25) is 0 Å². The van der Waals surface area contributed by atoms with E-state index >= 15 is 0 Å². The summed E-state index contributed by atoms with van der Waals surface area (Å²) in [5, 5.41) is 5.78. The van der Waals surface area contributed by atoms with Gasteiger partial charge < -0.3 is 14.8 Å². The maximum absolute atomic E-state index is 13.9. The predicted octanol–water partition coefficient (Wildman–Crippen LogP) is 3.41. The number of methoxy groups -OCH3 is 1. The first kappa shape index (κ1) is 18.2. The minimum atomic E-state index is -0.449. The maximum Gasteiger partial charge on any atom is 0.273 e. The van der Waals surface area contributed by atoms with Crippen molar-refractivity contribution in [2.45, 2.75) is 6.61 Å². The Morgan fingerprint density at radius 2 is 2.04 bits per heavy atom. The second-order valence-corrected chi connectivity index (χ2v) is 6.18. The van der Waals surface area contributed by atoms with E-state index in [0.717, 1.165) is 0 Å². The van der Waals surface area contributed by atoms with Gasteiger partial charge in [-0.25, -0.2) is 4.39 Å². The summed E-state index contributed by atoms with van der Waals surface area (Å²) >= 11 is 10.9. The van der Waals surface area contributed by atoms with E-state index in [0.29, 0.717) is 22.8 Å². The smallest absolute Gasteiger partial charge is 0.273 e. The van der Waals surface area contributed by atoms with Crippen molar-refractivity contribution < 1.29 is 18.7 Å². The molecule has 2 aromatic carbocycles. The fourth-order valence-corrected chi connectivity index (χ4v) is 2.79. The normalized spacial score (nSPS) is 15.0. The molecule has 2 aromatic rings. The molecule has 1 heterocycles. The Labute approximate surface area is 159 Å². The summed E-state index contributed by atoms with van der Waals surface area (Å²) in [6.07, 6.45) is 1.62. The van der Waals surface area contributed by atoms with Crippen molar-refractivity contribution in [2.75, 3.05) is 7.11 Å². The Morgan fingerprint density at radius 3 is 2.69 bits per heavy atom. The highest BCUT2D eigenvalue weighted by atomic mass is 35.5. The van der Waals surface area contributed by atoms with Crippen molar-refractivity contribution in [1.82, 2.24) is 10.6 Å². The highest BCUT2D eigenvalue weighted by Gasteiger charge is 2.20. The second kappa shape index (κ2) is 7.72. The van der Waals surface area contributed by atoms with Gasteiger partial charge in [-0.1, -0.05) is 23.7 Å². The van der Waals surface area contributed by atoms with Gasteiger partial charge in [0.1, 0.15) is 18.1 Å². The molecule has 0 atom stereocenters. The molecule has 134 valence electrons. The Kier molecular flexibility index (Phi) is 5.39. The minimum absolute atomic E-state index is 0.0648. The number of hydrogen-bond donors (Lipinski definition) is 2. The minimum Gasteiger partial charge on any atom is -0.493 e. The van der Waals surface area contributed by atoms with Gasteiger partial charge in [0.05, 0.1) is 12.1 Å². The quantitative estimate of drug-likeness (QED) is 0.603. The van der Waals surface area contributed by atoms with Crippen LogP contribution in [0.25, 0.3) is 6.08 Å². The molecule has 0 saturated carbocycles. The van der Waals surface area contributed by atoms with Gasteiger partial charge in [-0.2, -0.15) is 0 Å². The lowest BCUT2D eigenvalue weighted by molar-refractivity contribution is -0.115. The van der Waals surface area contributed by atoms with Crippen molar-refractivity contribution >= 4 is 40.9 Å². The van der Waals surface area contributed by atoms with Gasteiger partial charge in [0, 0.05) is 5.56 Å². The maximum atomic E-state index is 13.9. The summed E-state index contributed by atoms with van der Waals surface area (Å²) in [7, 11) is 1.50. The number of halogens is 2. The van der Waals surface area contributed by atoms with Crippen LogP contribution < -0.4 is 20.1 Å². The van der Waals surface area contributed by atoms with E-state index in [1.807, 2.05) is 0 Å². The van der Waals surface area contributed by atoms with Crippen LogP contribution in [0.3, 0.4) is 0 Å². The third-order valence-corrected chi connectivity index (χ3v) is 4.21. The van der Waals surface area contributed by atoms with Crippen LogP contribution in [0.15, 0.2) is 42.1 Å². The molecule has 2 N–H and O–H groups in total. The van der Waals surface area contributed by atoms with Crippen LogP contribution in [0.1, 0.15) is 11.1 Å². The number of carbonyl (C=O) groups excluding carboxylic acids is 1. The number of carbonyl (C=O) groups is 1. The van der Waals surface area contributed by atoms with Crippen LogP contribution in [-0.2, 0) is 11.4 Å². The van der Waals surface area contributed by atoms with E-state index in [1.54, 1.807) is 30.3 Å². The molecule has 0 radical (unpaired) electrons. The molecule has 1 fully saturated rings. The number of rotatable bonds is 5. The van der Waals surface area contributed by atoms with Crippen LogP contribution in [0, 0.1) is 5.82 Å². The molecular weight excluding hydrogens is 379 g/mol. The van der Waals surface area contributed by atoms with Crippen molar-refractivity contribution in [1.29, 1.82) is 0 Å². The molecule has 0 spiro atoms. The third kappa shape index (κ3) is 3.95. The van der Waals surface area contributed by atoms with Crippen LogP contribution in [0.5, 0.6) is 11.5 Å². The Bertz CT molecular complexity index is 897. The zero-order chi connectivity index (χ0) is 18.7. The fourth-order valence-electron chi connectivity index (χ4n) is 2.37. The molecule has 0 bridgehead atoms.